The van der Waals surface area contributed by atoms with E-state index in [0.29, 0.717) is 21.8 Å². The van der Waals surface area contributed by atoms with Crippen molar-refractivity contribution < 1.29 is 14.4 Å². The van der Waals surface area contributed by atoms with Gasteiger partial charge in [-0.25, -0.2) is 0 Å². The van der Waals surface area contributed by atoms with Crippen LogP contribution in [-0.2, 0) is 0 Å². The van der Waals surface area contributed by atoms with Gasteiger partial charge in [-0.1, -0.05) is 19.4 Å². The van der Waals surface area contributed by atoms with Crippen LogP contribution in [0.25, 0.3) is 0 Å². The van der Waals surface area contributed by atoms with Gasteiger partial charge in [0, 0.05) is 0 Å². The van der Waals surface area contributed by atoms with Gasteiger partial charge in [0.25, 0.3) is 5.88 Å². The fraction of sp³-hybridized carbons (Fsp3) is 0.500. The predicted octanol–water partition coefficient (Wildman–Crippen LogP) is 2.68. The number of aliphatic hydroxyl groups is 1. The molecule has 1 N–H and O–H groups in total. The lowest BCUT2D eigenvalue weighted by molar-refractivity contribution is 0.180. The number of ether oxygens (including phenoxy) is 1. The van der Waals surface area contributed by atoms with Crippen LogP contribution in [-0.4, -0.2) is 16.9 Å². The molecule has 0 aliphatic heterocycles. The SMILES string of the molecule is C=C[C@@H](O)c1onc(OCCCC)c1I. The first-order valence-corrected chi connectivity index (χ1v) is 5.87. The van der Waals surface area contributed by atoms with Crippen molar-refractivity contribution in [3.05, 3.63) is 22.0 Å². The van der Waals surface area contributed by atoms with E-state index in [2.05, 4.69) is 18.7 Å². The highest BCUT2D eigenvalue weighted by Gasteiger charge is 2.19. The second kappa shape index (κ2) is 6.12. The predicted molar refractivity (Wildman–Crippen MR) is 64.8 cm³/mol. The van der Waals surface area contributed by atoms with Crippen LogP contribution in [0.5, 0.6) is 5.88 Å². The van der Waals surface area contributed by atoms with Crippen LogP contribution in [0.1, 0.15) is 31.6 Å². The molecule has 4 nitrogen and oxygen atoms in total. The Morgan fingerprint density at radius 2 is 2.47 bits per heavy atom. The Kier molecular flexibility index (Phi) is 5.10. The summed E-state index contributed by atoms with van der Waals surface area (Å²) in [7, 11) is 0. The standard InChI is InChI=1S/C10H14INO3/c1-3-5-6-14-10-8(11)9(15-12-10)7(13)4-2/h4,7,13H,2-3,5-6H2,1H3/t7-/m1/s1. The third-order valence-corrected chi connectivity index (χ3v) is 2.85. The minimum atomic E-state index is -0.826. The van der Waals surface area contributed by atoms with E-state index in [0.717, 1.165) is 12.8 Å². The Morgan fingerprint density at radius 1 is 1.73 bits per heavy atom. The summed E-state index contributed by atoms with van der Waals surface area (Å²) in [5, 5.41) is 13.2. The second-order valence-electron chi connectivity index (χ2n) is 3.05. The van der Waals surface area contributed by atoms with Gasteiger partial charge in [0.15, 0.2) is 5.76 Å². The summed E-state index contributed by atoms with van der Waals surface area (Å²) in [6, 6.07) is 0. The molecule has 84 valence electrons. The van der Waals surface area contributed by atoms with Crippen molar-refractivity contribution in [2.24, 2.45) is 0 Å². The van der Waals surface area contributed by atoms with Crippen LogP contribution in [0, 0.1) is 3.57 Å². The second-order valence-corrected chi connectivity index (χ2v) is 4.13. The average Bonchev–Trinajstić information content (AvgIpc) is 2.60. The molecule has 0 aliphatic carbocycles. The highest BCUT2D eigenvalue weighted by atomic mass is 127. The van der Waals surface area contributed by atoms with Gasteiger partial charge in [-0.2, -0.15) is 0 Å². The fourth-order valence-corrected chi connectivity index (χ4v) is 1.64. The molecule has 5 heteroatoms. The lowest BCUT2D eigenvalue weighted by atomic mass is 10.3. The van der Waals surface area contributed by atoms with Crippen molar-refractivity contribution in [2.75, 3.05) is 6.61 Å². The maximum Gasteiger partial charge on any atom is 0.268 e. The summed E-state index contributed by atoms with van der Waals surface area (Å²) < 4.78 is 11.1. The molecule has 0 saturated carbocycles. The zero-order valence-corrected chi connectivity index (χ0v) is 10.7. The number of rotatable bonds is 6. The topological polar surface area (TPSA) is 55.5 Å². The van der Waals surface area contributed by atoms with Gasteiger partial charge in [0.05, 0.1) is 6.61 Å². The smallest absolute Gasteiger partial charge is 0.268 e. The molecule has 0 saturated heterocycles. The first-order valence-electron chi connectivity index (χ1n) is 4.79. The summed E-state index contributed by atoms with van der Waals surface area (Å²) in [4.78, 5) is 0. The summed E-state index contributed by atoms with van der Waals surface area (Å²) in [6.45, 7) is 6.18. The monoisotopic (exact) mass is 323 g/mol. The number of hydrogen-bond acceptors (Lipinski definition) is 4. The molecule has 0 bridgehead atoms. The maximum atomic E-state index is 9.48. The first kappa shape index (κ1) is 12.5. The molecule has 0 spiro atoms. The molecule has 1 aromatic heterocycles. The molecule has 1 aromatic rings. The first-order chi connectivity index (χ1) is 7.20. The molecule has 0 amide bonds. The van der Waals surface area contributed by atoms with Crippen LogP contribution in [0.4, 0.5) is 0 Å². The Morgan fingerprint density at radius 3 is 3.07 bits per heavy atom. The zero-order chi connectivity index (χ0) is 11.3. The van der Waals surface area contributed by atoms with Crippen molar-refractivity contribution in [1.82, 2.24) is 5.16 Å². The average molecular weight is 323 g/mol. The molecular formula is C10H14INO3. The minimum Gasteiger partial charge on any atom is -0.475 e. The summed E-state index contributed by atoms with van der Waals surface area (Å²) in [6.07, 6.45) is 2.60. The molecule has 15 heavy (non-hydrogen) atoms. The highest BCUT2D eigenvalue weighted by molar-refractivity contribution is 14.1. The van der Waals surface area contributed by atoms with Crippen LogP contribution >= 0.6 is 22.6 Å². The van der Waals surface area contributed by atoms with E-state index in [-0.39, 0.29) is 0 Å². The molecule has 1 heterocycles. The van der Waals surface area contributed by atoms with Gasteiger partial charge in [0.2, 0.25) is 0 Å². The molecule has 1 atom stereocenters. The normalized spacial score (nSPS) is 12.5. The van der Waals surface area contributed by atoms with Gasteiger partial charge < -0.3 is 14.4 Å². The van der Waals surface area contributed by atoms with Crippen molar-refractivity contribution in [1.29, 1.82) is 0 Å². The van der Waals surface area contributed by atoms with Crippen molar-refractivity contribution >= 4 is 22.6 Å². The summed E-state index contributed by atoms with van der Waals surface area (Å²) in [5.74, 6) is 0.831. The van der Waals surface area contributed by atoms with Crippen LogP contribution in [0.2, 0.25) is 0 Å². The van der Waals surface area contributed by atoms with Gasteiger partial charge in [0.1, 0.15) is 9.67 Å². The Labute approximate surface area is 102 Å². The number of unbranched alkanes of at least 4 members (excludes halogenated alkanes) is 1. The number of hydrogen-bond donors (Lipinski definition) is 1. The van der Waals surface area contributed by atoms with Crippen molar-refractivity contribution in [3.8, 4) is 5.88 Å². The van der Waals surface area contributed by atoms with E-state index in [1.807, 2.05) is 22.6 Å². The molecule has 0 fully saturated rings. The van der Waals surface area contributed by atoms with Gasteiger partial charge in [-0.3, -0.25) is 0 Å². The van der Waals surface area contributed by atoms with Gasteiger partial charge in [-0.15, -0.1) is 6.58 Å². The maximum absolute atomic E-state index is 9.48. The van der Waals surface area contributed by atoms with E-state index in [9.17, 15) is 5.11 Å². The third-order valence-electron chi connectivity index (χ3n) is 1.86. The van der Waals surface area contributed by atoms with Crippen molar-refractivity contribution in [2.45, 2.75) is 25.9 Å². The van der Waals surface area contributed by atoms with E-state index in [1.165, 1.54) is 6.08 Å². The van der Waals surface area contributed by atoms with Crippen LogP contribution < -0.4 is 4.74 Å². The minimum absolute atomic E-state index is 0.386. The Balaban J connectivity index is 2.66. The van der Waals surface area contributed by atoms with E-state index < -0.39 is 6.10 Å². The molecular weight excluding hydrogens is 309 g/mol. The third kappa shape index (κ3) is 3.20. The van der Waals surface area contributed by atoms with E-state index in [4.69, 9.17) is 9.26 Å². The molecule has 0 aliphatic rings. The van der Waals surface area contributed by atoms with E-state index in [1.54, 1.807) is 0 Å². The quantitative estimate of drug-likeness (QED) is 0.497. The van der Waals surface area contributed by atoms with Crippen LogP contribution in [0.15, 0.2) is 17.2 Å². The number of aromatic nitrogens is 1. The molecule has 0 radical (unpaired) electrons. The lowest BCUT2D eigenvalue weighted by Gasteiger charge is -2.01. The van der Waals surface area contributed by atoms with Gasteiger partial charge >= 0.3 is 0 Å². The fourth-order valence-electron chi connectivity index (χ4n) is 0.970. The van der Waals surface area contributed by atoms with Crippen molar-refractivity contribution in [3.63, 3.8) is 0 Å². The Bertz CT molecular complexity index is 324. The van der Waals surface area contributed by atoms with Gasteiger partial charge in [-0.05, 0) is 34.2 Å². The van der Waals surface area contributed by atoms with Crippen LogP contribution in [0.3, 0.4) is 0 Å². The molecule has 0 unspecified atom stereocenters. The highest BCUT2D eigenvalue weighted by Crippen LogP contribution is 2.28. The largest absolute Gasteiger partial charge is 0.475 e. The van der Waals surface area contributed by atoms with E-state index >= 15 is 0 Å². The zero-order valence-electron chi connectivity index (χ0n) is 8.57. The summed E-state index contributed by atoms with van der Waals surface area (Å²) in [5.41, 5.74) is 0. The number of halogens is 1. The number of nitrogens with zero attached hydrogens (tertiary/aromatic N) is 1. The number of aliphatic hydroxyl groups excluding tert-OH is 1. The molecule has 0 aromatic carbocycles. The summed E-state index contributed by atoms with van der Waals surface area (Å²) >= 11 is 2.04. The Hall–Kier alpha value is -0.560. The molecule has 1 rings (SSSR count). The lowest BCUT2D eigenvalue weighted by Crippen LogP contribution is -1.98.